The lowest BCUT2D eigenvalue weighted by Crippen LogP contribution is -2.46. The second-order valence-corrected chi connectivity index (χ2v) is 9.02. The van der Waals surface area contributed by atoms with Crippen LogP contribution < -0.4 is 5.32 Å². The maximum atomic E-state index is 13.2. The first-order valence-corrected chi connectivity index (χ1v) is 11.8. The fourth-order valence-corrected chi connectivity index (χ4v) is 4.80. The van der Waals surface area contributed by atoms with Crippen LogP contribution in [0.25, 0.3) is 10.6 Å². The van der Waals surface area contributed by atoms with E-state index in [9.17, 15) is 9.59 Å². The smallest absolute Gasteiger partial charge is 0.289 e. The number of benzene rings is 1. The van der Waals surface area contributed by atoms with Gasteiger partial charge in [0.1, 0.15) is 5.69 Å². The van der Waals surface area contributed by atoms with E-state index >= 15 is 0 Å². The van der Waals surface area contributed by atoms with Gasteiger partial charge < -0.3 is 14.6 Å². The highest BCUT2D eigenvalue weighted by Crippen LogP contribution is 2.27. The van der Waals surface area contributed by atoms with Gasteiger partial charge in [0.2, 0.25) is 0 Å². The first-order chi connectivity index (χ1) is 16.2. The van der Waals surface area contributed by atoms with E-state index in [0.717, 1.165) is 10.4 Å². The van der Waals surface area contributed by atoms with Gasteiger partial charge in [0.15, 0.2) is 5.76 Å². The summed E-state index contributed by atoms with van der Waals surface area (Å²) in [6, 6.07) is 17.4. The molecule has 33 heavy (non-hydrogen) atoms. The Kier molecular flexibility index (Phi) is 6.08. The molecule has 0 atom stereocenters. The standard InChI is InChI=1S/C25H24N4O3S/c30-24(26-19-10-12-28(13-11-19)25(31)21-8-4-14-32-21)20-17-29(16-18-6-2-1-3-7-18)27-23(20)22-9-5-15-33-22/h1-9,14-15,17,19H,10-13,16H2,(H,26,30). The Hall–Kier alpha value is -3.65. The zero-order chi connectivity index (χ0) is 22.6. The number of likely N-dealkylation sites (tertiary alicyclic amines) is 1. The average molecular weight is 461 g/mol. The van der Waals surface area contributed by atoms with Crippen LogP contribution in [0, 0.1) is 0 Å². The number of rotatable bonds is 6. The first-order valence-electron chi connectivity index (χ1n) is 11.0. The summed E-state index contributed by atoms with van der Waals surface area (Å²) in [6.07, 6.45) is 4.73. The highest BCUT2D eigenvalue weighted by Gasteiger charge is 2.27. The van der Waals surface area contributed by atoms with Gasteiger partial charge in [0, 0.05) is 25.3 Å². The van der Waals surface area contributed by atoms with Gasteiger partial charge in [0.25, 0.3) is 11.8 Å². The van der Waals surface area contributed by atoms with Crippen molar-refractivity contribution in [2.75, 3.05) is 13.1 Å². The zero-order valence-electron chi connectivity index (χ0n) is 18.0. The van der Waals surface area contributed by atoms with Crippen LogP contribution in [0.1, 0.15) is 39.3 Å². The molecule has 0 aliphatic carbocycles. The minimum atomic E-state index is -0.131. The van der Waals surface area contributed by atoms with Crippen LogP contribution in [0.2, 0.25) is 0 Å². The number of piperidine rings is 1. The topological polar surface area (TPSA) is 80.4 Å². The number of nitrogens with one attached hydrogen (secondary N) is 1. The third-order valence-electron chi connectivity index (χ3n) is 5.80. The van der Waals surface area contributed by atoms with E-state index in [1.165, 1.54) is 6.26 Å². The summed E-state index contributed by atoms with van der Waals surface area (Å²) in [6.45, 7) is 1.75. The van der Waals surface area contributed by atoms with Gasteiger partial charge >= 0.3 is 0 Å². The third-order valence-corrected chi connectivity index (χ3v) is 6.67. The Balaban J connectivity index is 1.27. The second kappa shape index (κ2) is 9.46. The molecule has 1 fully saturated rings. The number of furan rings is 1. The van der Waals surface area contributed by atoms with Gasteiger partial charge in [-0.3, -0.25) is 14.3 Å². The summed E-state index contributed by atoms with van der Waals surface area (Å²) >= 11 is 1.57. The number of carbonyl (C=O) groups is 2. The van der Waals surface area contributed by atoms with Crippen LogP contribution in [0.5, 0.6) is 0 Å². The Labute approximate surface area is 195 Å². The Morgan fingerprint density at radius 3 is 2.58 bits per heavy atom. The van der Waals surface area contributed by atoms with Gasteiger partial charge in [-0.15, -0.1) is 11.3 Å². The van der Waals surface area contributed by atoms with Gasteiger partial charge in [-0.1, -0.05) is 36.4 Å². The quantitative estimate of drug-likeness (QED) is 0.466. The first kappa shape index (κ1) is 21.2. The molecule has 5 rings (SSSR count). The highest BCUT2D eigenvalue weighted by atomic mass is 32.1. The lowest BCUT2D eigenvalue weighted by atomic mass is 10.0. The SMILES string of the molecule is O=C(NC1CCN(C(=O)c2ccco2)CC1)c1cn(Cc2ccccc2)nc1-c1cccs1. The molecule has 0 unspecified atom stereocenters. The van der Waals surface area contributed by atoms with Crippen LogP contribution in [0.3, 0.4) is 0 Å². The van der Waals surface area contributed by atoms with Crippen molar-refractivity contribution in [3.8, 4) is 10.6 Å². The molecule has 8 heteroatoms. The molecule has 3 aromatic heterocycles. The lowest BCUT2D eigenvalue weighted by Gasteiger charge is -2.31. The van der Waals surface area contributed by atoms with Crippen LogP contribution in [-0.4, -0.2) is 45.6 Å². The molecule has 1 aliphatic rings. The molecular weight excluding hydrogens is 436 g/mol. The summed E-state index contributed by atoms with van der Waals surface area (Å²) in [4.78, 5) is 28.5. The van der Waals surface area contributed by atoms with E-state index in [-0.39, 0.29) is 17.9 Å². The zero-order valence-corrected chi connectivity index (χ0v) is 18.8. The number of nitrogens with zero attached hydrogens (tertiary/aromatic N) is 3. The number of carbonyl (C=O) groups excluding carboxylic acids is 2. The van der Waals surface area contributed by atoms with Gasteiger partial charge in [0.05, 0.1) is 23.2 Å². The summed E-state index contributed by atoms with van der Waals surface area (Å²) in [5, 5.41) is 9.87. The summed E-state index contributed by atoms with van der Waals surface area (Å²) in [5.74, 6) is 0.115. The van der Waals surface area contributed by atoms with Gasteiger partial charge in [-0.25, -0.2) is 0 Å². The van der Waals surface area contributed by atoms with E-state index in [1.54, 1.807) is 28.4 Å². The molecule has 0 radical (unpaired) electrons. The van der Waals surface area contributed by atoms with E-state index in [0.29, 0.717) is 49.5 Å². The van der Waals surface area contributed by atoms with Gasteiger partial charge in [-0.2, -0.15) is 5.10 Å². The van der Waals surface area contributed by atoms with Crippen molar-refractivity contribution >= 4 is 23.2 Å². The molecule has 1 aliphatic heterocycles. The molecule has 1 N–H and O–H groups in total. The molecule has 0 spiro atoms. The van der Waals surface area contributed by atoms with Crippen molar-refractivity contribution in [2.45, 2.75) is 25.4 Å². The molecule has 4 aromatic rings. The van der Waals surface area contributed by atoms with Crippen molar-refractivity contribution in [3.05, 3.63) is 89.3 Å². The van der Waals surface area contributed by atoms with Gasteiger partial charge in [-0.05, 0) is 42.0 Å². The number of hydrogen-bond acceptors (Lipinski definition) is 5. The number of hydrogen-bond donors (Lipinski definition) is 1. The largest absolute Gasteiger partial charge is 0.459 e. The normalized spacial score (nSPS) is 14.4. The molecule has 4 heterocycles. The maximum Gasteiger partial charge on any atom is 0.289 e. The molecular formula is C25H24N4O3S. The molecule has 0 bridgehead atoms. The van der Waals surface area contributed by atoms with Crippen molar-refractivity contribution in [3.63, 3.8) is 0 Å². The molecule has 168 valence electrons. The van der Waals surface area contributed by atoms with Crippen molar-refractivity contribution in [1.29, 1.82) is 0 Å². The molecule has 7 nitrogen and oxygen atoms in total. The number of amides is 2. The van der Waals surface area contributed by atoms with E-state index in [4.69, 9.17) is 9.52 Å². The Morgan fingerprint density at radius 2 is 1.88 bits per heavy atom. The fourth-order valence-electron chi connectivity index (χ4n) is 4.08. The Morgan fingerprint density at radius 1 is 1.06 bits per heavy atom. The summed E-state index contributed by atoms with van der Waals surface area (Å²) < 4.78 is 7.05. The molecule has 1 aromatic carbocycles. The van der Waals surface area contributed by atoms with Crippen LogP contribution in [-0.2, 0) is 6.54 Å². The minimum Gasteiger partial charge on any atom is -0.459 e. The van der Waals surface area contributed by atoms with Crippen molar-refractivity contribution < 1.29 is 14.0 Å². The monoisotopic (exact) mass is 460 g/mol. The second-order valence-electron chi connectivity index (χ2n) is 8.07. The van der Waals surface area contributed by atoms with Crippen molar-refractivity contribution in [2.24, 2.45) is 0 Å². The predicted octanol–water partition coefficient (Wildman–Crippen LogP) is 4.29. The van der Waals surface area contributed by atoms with Crippen LogP contribution in [0.4, 0.5) is 0 Å². The van der Waals surface area contributed by atoms with E-state index in [1.807, 2.05) is 58.7 Å². The fraction of sp³-hybridized carbons (Fsp3) is 0.240. The molecule has 1 saturated heterocycles. The predicted molar refractivity (Wildman–Crippen MR) is 126 cm³/mol. The maximum absolute atomic E-state index is 13.2. The third kappa shape index (κ3) is 4.75. The average Bonchev–Trinajstić information content (AvgIpc) is 3.61. The van der Waals surface area contributed by atoms with E-state index in [2.05, 4.69) is 5.32 Å². The number of aromatic nitrogens is 2. The van der Waals surface area contributed by atoms with Crippen molar-refractivity contribution in [1.82, 2.24) is 20.0 Å². The van der Waals surface area contributed by atoms with Crippen LogP contribution >= 0.6 is 11.3 Å². The van der Waals surface area contributed by atoms with Crippen LogP contribution in [0.15, 0.2) is 76.9 Å². The van der Waals surface area contributed by atoms with E-state index < -0.39 is 0 Å². The molecule has 0 saturated carbocycles. The number of thiophene rings is 1. The summed E-state index contributed by atoms with van der Waals surface area (Å²) in [7, 11) is 0. The highest BCUT2D eigenvalue weighted by molar-refractivity contribution is 7.13. The lowest BCUT2D eigenvalue weighted by molar-refractivity contribution is 0.0667. The minimum absolute atomic E-state index is 0.00631. The Bertz CT molecular complexity index is 1210. The summed E-state index contributed by atoms with van der Waals surface area (Å²) in [5.41, 5.74) is 2.39. The molecule has 2 amide bonds.